The summed E-state index contributed by atoms with van der Waals surface area (Å²) < 4.78 is 0.802. The van der Waals surface area contributed by atoms with Crippen molar-refractivity contribution in [2.24, 2.45) is 0 Å². The number of carbonyl (C=O) groups excluding carboxylic acids is 2. The number of thiazole rings is 1. The van der Waals surface area contributed by atoms with E-state index in [9.17, 15) is 9.59 Å². The summed E-state index contributed by atoms with van der Waals surface area (Å²) in [6, 6.07) is 9.19. The first-order chi connectivity index (χ1) is 10.7. The molecule has 22 heavy (non-hydrogen) atoms. The summed E-state index contributed by atoms with van der Waals surface area (Å²) in [5.41, 5.74) is 1.43. The fourth-order valence-electron chi connectivity index (χ4n) is 1.68. The number of benzene rings is 1. The lowest BCUT2D eigenvalue weighted by molar-refractivity contribution is -0.120. The van der Waals surface area contributed by atoms with Gasteiger partial charge in [0.2, 0.25) is 5.91 Å². The molecular formula is C16H16N2O2S2. The van der Waals surface area contributed by atoms with Crippen LogP contribution in [-0.2, 0) is 11.2 Å². The van der Waals surface area contributed by atoms with Gasteiger partial charge in [-0.05, 0) is 0 Å². The second kappa shape index (κ2) is 8.51. The Bertz CT molecular complexity index is 653. The first-order valence-corrected chi connectivity index (χ1v) is 8.58. The third kappa shape index (κ3) is 5.13. The molecule has 0 saturated carbocycles. The number of rotatable bonds is 8. The van der Waals surface area contributed by atoms with Gasteiger partial charge in [0.1, 0.15) is 0 Å². The molecule has 0 fully saturated rings. The van der Waals surface area contributed by atoms with Crippen molar-refractivity contribution in [2.45, 2.75) is 10.8 Å². The van der Waals surface area contributed by atoms with E-state index in [-0.39, 0.29) is 18.1 Å². The van der Waals surface area contributed by atoms with E-state index >= 15 is 0 Å². The van der Waals surface area contributed by atoms with Gasteiger partial charge in [-0.1, -0.05) is 48.2 Å². The first kappa shape index (κ1) is 16.5. The Labute approximate surface area is 137 Å². The lowest BCUT2D eigenvalue weighted by Crippen LogP contribution is -2.25. The number of carbonyl (C=O) groups is 2. The molecule has 0 aliphatic rings. The maximum absolute atomic E-state index is 12.0. The molecule has 1 heterocycles. The van der Waals surface area contributed by atoms with Gasteiger partial charge in [-0.25, -0.2) is 4.98 Å². The van der Waals surface area contributed by atoms with E-state index in [0.717, 1.165) is 10.0 Å². The lowest BCUT2D eigenvalue weighted by Gasteiger charge is -1.99. The van der Waals surface area contributed by atoms with Crippen molar-refractivity contribution in [2.75, 3.05) is 12.3 Å². The van der Waals surface area contributed by atoms with Gasteiger partial charge >= 0.3 is 0 Å². The number of hydrogen-bond donors (Lipinski definition) is 1. The van der Waals surface area contributed by atoms with Gasteiger partial charge in [0, 0.05) is 17.5 Å². The van der Waals surface area contributed by atoms with Gasteiger partial charge in [0.05, 0.1) is 17.9 Å². The third-order valence-corrected chi connectivity index (χ3v) is 4.81. The largest absolute Gasteiger partial charge is 0.352 e. The summed E-state index contributed by atoms with van der Waals surface area (Å²) in [5, 5.41) is 4.56. The van der Waals surface area contributed by atoms with Crippen molar-refractivity contribution in [3.63, 3.8) is 0 Å². The molecule has 4 nitrogen and oxygen atoms in total. The number of hydrogen-bond acceptors (Lipinski definition) is 5. The zero-order valence-electron chi connectivity index (χ0n) is 12.0. The summed E-state index contributed by atoms with van der Waals surface area (Å²) in [6.45, 7) is 4.00. The number of Topliss-reactive ketones (excluding diaryl/α,β-unsaturated/α-hetero) is 1. The molecule has 2 aromatic rings. The normalized spacial score (nSPS) is 10.2. The van der Waals surface area contributed by atoms with Crippen LogP contribution in [0.5, 0.6) is 0 Å². The topological polar surface area (TPSA) is 59.1 Å². The molecule has 1 aromatic heterocycles. The van der Waals surface area contributed by atoms with Crippen LogP contribution in [0.3, 0.4) is 0 Å². The van der Waals surface area contributed by atoms with Crippen molar-refractivity contribution < 1.29 is 9.59 Å². The van der Waals surface area contributed by atoms with E-state index in [1.807, 2.05) is 23.6 Å². The van der Waals surface area contributed by atoms with Gasteiger partial charge in [-0.15, -0.1) is 17.9 Å². The van der Waals surface area contributed by atoms with Crippen LogP contribution in [0.1, 0.15) is 16.1 Å². The number of nitrogens with zero attached hydrogens (tertiary/aromatic N) is 1. The Hall–Kier alpha value is -1.92. The molecule has 0 spiro atoms. The minimum absolute atomic E-state index is 0.0751. The van der Waals surface area contributed by atoms with Crippen molar-refractivity contribution >= 4 is 34.8 Å². The monoisotopic (exact) mass is 332 g/mol. The number of ketones is 1. The highest BCUT2D eigenvalue weighted by Gasteiger charge is 2.10. The summed E-state index contributed by atoms with van der Waals surface area (Å²) in [7, 11) is 0. The number of amides is 1. The predicted molar refractivity (Wildman–Crippen MR) is 90.5 cm³/mol. The number of aromatic nitrogens is 1. The molecule has 1 amide bonds. The highest BCUT2D eigenvalue weighted by Crippen LogP contribution is 2.23. The second-order valence-electron chi connectivity index (χ2n) is 4.45. The lowest BCUT2D eigenvalue weighted by atomic mass is 10.2. The van der Waals surface area contributed by atoms with Crippen molar-refractivity contribution in [3.05, 3.63) is 59.6 Å². The Kier molecular flexibility index (Phi) is 6.36. The van der Waals surface area contributed by atoms with Crippen molar-refractivity contribution in [1.29, 1.82) is 0 Å². The fourth-order valence-corrected chi connectivity index (χ4v) is 3.42. The van der Waals surface area contributed by atoms with Crippen molar-refractivity contribution in [3.8, 4) is 0 Å². The van der Waals surface area contributed by atoms with E-state index in [4.69, 9.17) is 0 Å². The molecule has 0 radical (unpaired) electrons. The molecule has 2 rings (SSSR count). The number of nitrogens with one attached hydrogen (secondary N) is 1. The zero-order valence-corrected chi connectivity index (χ0v) is 13.6. The van der Waals surface area contributed by atoms with Gasteiger partial charge in [0.25, 0.3) is 0 Å². The molecule has 0 atom stereocenters. The van der Waals surface area contributed by atoms with Crippen molar-refractivity contribution in [1.82, 2.24) is 10.3 Å². The first-order valence-electron chi connectivity index (χ1n) is 6.72. The van der Waals surface area contributed by atoms with E-state index in [1.165, 1.54) is 23.1 Å². The predicted octanol–water partition coefficient (Wildman–Crippen LogP) is 2.96. The second-order valence-corrected chi connectivity index (χ2v) is 6.53. The van der Waals surface area contributed by atoms with Crippen LogP contribution in [0.15, 0.2) is 52.7 Å². The molecule has 0 aliphatic heterocycles. The molecular weight excluding hydrogens is 316 g/mol. The highest BCUT2D eigenvalue weighted by atomic mass is 32.2. The Balaban J connectivity index is 1.83. The van der Waals surface area contributed by atoms with E-state index in [0.29, 0.717) is 17.9 Å². The average Bonchev–Trinajstić information content (AvgIpc) is 2.99. The zero-order chi connectivity index (χ0) is 15.8. The van der Waals surface area contributed by atoms with Crippen LogP contribution in [0.4, 0.5) is 0 Å². The smallest absolute Gasteiger partial charge is 0.226 e. The molecule has 0 unspecified atom stereocenters. The summed E-state index contributed by atoms with van der Waals surface area (Å²) >= 11 is 2.85. The van der Waals surface area contributed by atoms with Gasteiger partial charge in [-0.3, -0.25) is 9.59 Å². The Morgan fingerprint density at radius 2 is 2.09 bits per heavy atom. The molecule has 1 N–H and O–H groups in total. The average molecular weight is 332 g/mol. The van der Waals surface area contributed by atoms with Gasteiger partial charge in [0.15, 0.2) is 10.1 Å². The maximum atomic E-state index is 12.0. The molecule has 0 bridgehead atoms. The standard InChI is InChI=1S/C16H16N2O2S2/c1-2-8-17-15(20)9-13-10-21-16(18-13)22-11-14(19)12-6-4-3-5-7-12/h2-7,10H,1,8-9,11H2,(H,17,20). The molecule has 0 saturated heterocycles. The van der Waals surface area contributed by atoms with E-state index in [1.54, 1.807) is 18.2 Å². The van der Waals surface area contributed by atoms with Gasteiger partial charge in [-0.2, -0.15) is 0 Å². The molecule has 6 heteroatoms. The minimum atomic E-state index is -0.0814. The maximum Gasteiger partial charge on any atom is 0.226 e. The summed E-state index contributed by atoms with van der Waals surface area (Å²) in [5.74, 6) is 0.341. The van der Waals surface area contributed by atoms with Crippen LogP contribution >= 0.6 is 23.1 Å². The quantitative estimate of drug-likeness (QED) is 0.459. The van der Waals surface area contributed by atoms with Crippen LogP contribution in [0.25, 0.3) is 0 Å². The Morgan fingerprint density at radius 1 is 1.32 bits per heavy atom. The molecule has 0 aliphatic carbocycles. The van der Waals surface area contributed by atoms with E-state index in [2.05, 4.69) is 16.9 Å². The van der Waals surface area contributed by atoms with Crippen LogP contribution in [0.2, 0.25) is 0 Å². The summed E-state index contributed by atoms with van der Waals surface area (Å²) in [6.07, 6.45) is 1.88. The van der Waals surface area contributed by atoms with Crippen LogP contribution in [0, 0.1) is 0 Å². The Morgan fingerprint density at radius 3 is 2.82 bits per heavy atom. The van der Waals surface area contributed by atoms with Crippen LogP contribution < -0.4 is 5.32 Å². The van der Waals surface area contributed by atoms with Crippen LogP contribution in [-0.4, -0.2) is 29.0 Å². The fraction of sp³-hybridized carbons (Fsp3) is 0.188. The highest BCUT2D eigenvalue weighted by molar-refractivity contribution is 8.01. The minimum Gasteiger partial charge on any atom is -0.352 e. The van der Waals surface area contributed by atoms with E-state index < -0.39 is 0 Å². The SMILES string of the molecule is C=CCNC(=O)Cc1csc(SCC(=O)c2ccccc2)n1. The third-order valence-electron chi connectivity index (χ3n) is 2.74. The number of thioether (sulfide) groups is 1. The van der Waals surface area contributed by atoms with Gasteiger partial charge < -0.3 is 5.32 Å². The molecule has 1 aromatic carbocycles. The summed E-state index contributed by atoms with van der Waals surface area (Å²) in [4.78, 5) is 27.9. The molecule has 114 valence electrons.